The summed E-state index contributed by atoms with van der Waals surface area (Å²) in [7, 11) is 1.57. The standard InChI is InChI=1S/C11H21NO5/c1-3-4-9(11(14)15)12-10(13)5-6-17-8-7-16-2/h9H,3-8H2,1-2H3,(H,12,13)(H,14,15). The van der Waals surface area contributed by atoms with Crippen LogP contribution in [0.15, 0.2) is 0 Å². The summed E-state index contributed by atoms with van der Waals surface area (Å²) in [6.45, 7) is 3.06. The first-order valence-electron chi connectivity index (χ1n) is 5.70. The van der Waals surface area contributed by atoms with Crippen molar-refractivity contribution in [1.29, 1.82) is 0 Å². The van der Waals surface area contributed by atoms with Gasteiger partial charge in [0.1, 0.15) is 6.04 Å². The topological polar surface area (TPSA) is 84.9 Å². The minimum absolute atomic E-state index is 0.164. The van der Waals surface area contributed by atoms with Crippen molar-refractivity contribution in [2.24, 2.45) is 0 Å². The number of aliphatic carboxylic acids is 1. The quantitative estimate of drug-likeness (QED) is 0.546. The zero-order valence-electron chi connectivity index (χ0n) is 10.4. The fraction of sp³-hybridized carbons (Fsp3) is 0.818. The van der Waals surface area contributed by atoms with Crippen molar-refractivity contribution in [2.45, 2.75) is 32.2 Å². The Morgan fingerprint density at radius 3 is 2.53 bits per heavy atom. The number of carboxylic acid groups (broad SMARTS) is 1. The largest absolute Gasteiger partial charge is 0.480 e. The molecule has 0 aliphatic rings. The lowest BCUT2D eigenvalue weighted by atomic mass is 10.1. The van der Waals surface area contributed by atoms with E-state index in [-0.39, 0.29) is 18.9 Å². The lowest BCUT2D eigenvalue weighted by Gasteiger charge is -2.13. The summed E-state index contributed by atoms with van der Waals surface area (Å²) < 4.78 is 9.89. The van der Waals surface area contributed by atoms with Gasteiger partial charge < -0.3 is 19.9 Å². The van der Waals surface area contributed by atoms with E-state index in [1.54, 1.807) is 7.11 Å². The second kappa shape index (κ2) is 10.0. The Bertz CT molecular complexity index is 232. The smallest absolute Gasteiger partial charge is 0.326 e. The summed E-state index contributed by atoms with van der Waals surface area (Å²) in [4.78, 5) is 22.2. The van der Waals surface area contributed by atoms with Crippen LogP contribution in [0, 0.1) is 0 Å². The van der Waals surface area contributed by atoms with Crippen molar-refractivity contribution in [3.8, 4) is 0 Å². The Morgan fingerprint density at radius 1 is 1.29 bits per heavy atom. The number of carboxylic acids is 1. The van der Waals surface area contributed by atoms with Crippen molar-refractivity contribution >= 4 is 11.9 Å². The third kappa shape index (κ3) is 8.65. The molecule has 1 amide bonds. The zero-order valence-corrected chi connectivity index (χ0v) is 10.4. The van der Waals surface area contributed by atoms with Crippen LogP contribution in [0.5, 0.6) is 0 Å². The molecule has 0 spiro atoms. The highest BCUT2D eigenvalue weighted by molar-refractivity contribution is 5.83. The highest BCUT2D eigenvalue weighted by Crippen LogP contribution is 1.97. The fourth-order valence-electron chi connectivity index (χ4n) is 1.22. The van der Waals surface area contributed by atoms with Crippen molar-refractivity contribution in [3.63, 3.8) is 0 Å². The number of hydrogen-bond acceptors (Lipinski definition) is 4. The lowest BCUT2D eigenvalue weighted by molar-refractivity contribution is -0.142. The molecule has 17 heavy (non-hydrogen) atoms. The van der Waals surface area contributed by atoms with Gasteiger partial charge >= 0.3 is 5.97 Å². The maximum Gasteiger partial charge on any atom is 0.326 e. The highest BCUT2D eigenvalue weighted by Gasteiger charge is 2.18. The predicted molar refractivity (Wildman–Crippen MR) is 61.8 cm³/mol. The zero-order chi connectivity index (χ0) is 13.1. The summed E-state index contributed by atoms with van der Waals surface area (Å²) in [6.07, 6.45) is 1.31. The molecular formula is C11H21NO5. The second-order valence-electron chi connectivity index (χ2n) is 3.60. The van der Waals surface area contributed by atoms with E-state index in [0.29, 0.717) is 26.1 Å². The first-order valence-corrected chi connectivity index (χ1v) is 5.70. The molecule has 0 saturated carbocycles. The normalized spacial score (nSPS) is 12.1. The molecule has 0 aliphatic carbocycles. The molecule has 0 bridgehead atoms. The Hall–Kier alpha value is -1.14. The third-order valence-electron chi connectivity index (χ3n) is 2.12. The molecule has 1 atom stereocenters. The van der Waals surface area contributed by atoms with Gasteiger partial charge in [-0.3, -0.25) is 4.79 Å². The lowest BCUT2D eigenvalue weighted by Crippen LogP contribution is -2.40. The molecule has 0 rings (SSSR count). The first-order chi connectivity index (χ1) is 8.11. The van der Waals surface area contributed by atoms with Crippen LogP contribution in [0.1, 0.15) is 26.2 Å². The van der Waals surface area contributed by atoms with E-state index in [9.17, 15) is 9.59 Å². The number of carbonyl (C=O) groups excluding carboxylic acids is 1. The average molecular weight is 247 g/mol. The van der Waals surface area contributed by atoms with Crippen LogP contribution in [0.4, 0.5) is 0 Å². The molecule has 0 aromatic carbocycles. The molecule has 0 heterocycles. The van der Waals surface area contributed by atoms with Gasteiger partial charge in [0.25, 0.3) is 0 Å². The molecule has 0 aromatic heterocycles. The van der Waals surface area contributed by atoms with Crippen LogP contribution in [0.3, 0.4) is 0 Å². The third-order valence-corrected chi connectivity index (χ3v) is 2.12. The van der Waals surface area contributed by atoms with Gasteiger partial charge in [-0.2, -0.15) is 0 Å². The maximum absolute atomic E-state index is 11.4. The molecule has 2 N–H and O–H groups in total. The summed E-state index contributed by atoms with van der Waals surface area (Å²) >= 11 is 0. The minimum atomic E-state index is -1.000. The molecule has 0 aromatic rings. The predicted octanol–water partition coefficient (Wildman–Crippen LogP) is 0.409. The Balaban J connectivity index is 3.71. The fourth-order valence-corrected chi connectivity index (χ4v) is 1.22. The van der Waals surface area contributed by atoms with E-state index in [0.717, 1.165) is 0 Å². The van der Waals surface area contributed by atoms with E-state index >= 15 is 0 Å². The van der Waals surface area contributed by atoms with Gasteiger partial charge in [-0.25, -0.2) is 4.79 Å². The number of ether oxygens (including phenoxy) is 2. The van der Waals surface area contributed by atoms with E-state index < -0.39 is 12.0 Å². The van der Waals surface area contributed by atoms with E-state index in [2.05, 4.69) is 5.32 Å². The molecule has 0 fully saturated rings. The molecule has 0 saturated heterocycles. The van der Waals surface area contributed by atoms with Crippen molar-refractivity contribution in [1.82, 2.24) is 5.32 Å². The summed E-state index contributed by atoms with van der Waals surface area (Å²) in [5.41, 5.74) is 0. The molecule has 0 radical (unpaired) electrons. The van der Waals surface area contributed by atoms with Gasteiger partial charge in [0.15, 0.2) is 0 Å². The molecule has 0 aliphatic heterocycles. The van der Waals surface area contributed by atoms with Crippen LogP contribution in [-0.2, 0) is 19.1 Å². The summed E-state index contributed by atoms with van der Waals surface area (Å²) in [5, 5.41) is 11.3. The molecular weight excluding hydrogens is 226 g/mol. The SMILES string of the molecule is CCCC(NC(=O)CCOCCOC)C(=O)O. The molecule has 6 heteroatoms. The Kier molecular flexibility index (Phi) is 9.37. The Morgan fingerprint density at radius 2 is 2.00 bits per heavy atom. The van der Waals surface area contributed by atoms with Crippen LogP contribution >= 0.6 is 0 Å². The number of amides is 1. The number of rotatable bonds is 10. The van der Waals surface area contributed by atoms with Gasteiger partial charge in [-0.15, -0.1) is 0 Å². The first kappa shape index (κ1) is 15.9. The summed E-state index contributed by atoms with van der Waals surface area (Å²) in [6, 6.07) is -0.800. The van der Waals surface area contributed by atoms with Gasteiger partial charge in [0.2, 0.25) is 5.91 Å². The van der Waals surface area contributed by atoms with Gasteiger partial charge in [-0.05, 0) is 6.42 Å². The van der Waals surface area contributed by atoms with E-state index in [4.69, 9.17) is 14.6 Å². The number of methoxy groups -OCH3 is 1. The van der Waals surface area contributed by atoms with Gasteiger partial charge in [0, 0.05) is 13.5 Å². The highest BCUT2D eigenvalue weighted by atomic mass is 16.5. The van der Waals surface area contributed by atoms with Crippen molar-refractivity contribution < 1.29 is 24.2 Å². The molecule has 100 valence electrons. The molecule has 1 unspecified atom stereocenters. The number of nitrogens with one attached hydrogen (secondary N) is 1. The molecule has 6 nitrogen and oxygen atoms in total. The van der Waals surface area contributed by atoms with Crippen LogP contribution < -0.4 is 5.32 Å². The van der Waals surface area contributed by atoms with Gasteiger partial charge in [-0.1, -0.05) is 13.3 Å². The van der Waals surface area contributed by atoms with Crippen LogP contribution in [0.2, 0.25) is 0 Å². The van der Waals surface area contributed by atoms with Gasteiger partial charge in [0.05, 0.1) is 19.8 Å². The van der Waals surface area contributed by atoms with Crippen molar-refractivity contribution in [2.75, 3.05) is 26.9 Å². The van der Waals surface area contributed by atoms with E-state index in [1.165, 1.54) is 0 Å². The second-order valence-corrected chi connectivity index (χ2v) is 3.60. The monoisotopic (exact) mass is 247 g/mol. The van der Waals surface area contributed by atoms with E-state index in [1.807, 2.05) is 6.92 Å². The average Bonchev–Trinajstić information content (AvgIpc) is 2.28. The maximum atomic E-state index is 11.4. The Labute approximate surface area is 101 Å². The number of hydrogen-bond donors (Lipinski definition) is 2. The van der Waals surface area contributed by atoms with Crippen molar-refractivity contribution in [3.05, 3.63) is 0 Å². The van der Waals surface area contributed by atoms with Crippen LogP contribution in [-0.4, -0.2) is 50.0 Å². The number of carbonyl (C=O) groups is 2. The summed E-state index contributed by atoms with van der Waals surface area (Å²) in [5.74, 6) is -1.30. The minimum Gasteiger partial charge on any atom is -0.480 e. The van der Waals surface area contributed by atoms with Crippen LogP contribution in [0.25, 0.3) is 0 Å².